The minimum atomic E-state index is -0.425. The first kappa shape index (κ1) is 13.7. The van der Waals surface area contributed by atoms with E-state index in [4.69, 9.17) is 9.47 Å². The van der Waals surface area contributed by atoms with Crippen LogP contribution in [0.4, 0.5) is 4.39 Å². The van der Waals surface area contributed by atoms with Crippen LogP contribution < -0.4 is 10.4 Å². The Hall–Kier alpha value is -2.22. The van der Waals surface area contributed by atoms with Gasteiger partial charge in [-0.2, -0.15) is 9.36 Å². The van der Waals surface area contributed by atoms with Crippen molar-refractivity contribution in [2.45, 2.75) is 19.4 Å². The second-order valence-corrected chi connectivity index (χ2v) is 4.96. The van der Waals surface area contributed by atoms with Crippen LogP contribution in [-0.2, 0) is 11.8 Å². The molecule has 112 valence electrons. The molecule has 0 saturated carbocycles. The first-order chi connectivity index (χ1) is 10.1. The summed E-state index contributed by atoms with van der Waals surface area (Å²) < 4.78 is 26.8. The zero-order chi connectivity index (χ0) is 15.0. The van der Waals surface area contributed by atoms with Gasteiger partial charge in [0, 0.05) is 26.1 Å². The summed E-state index contributed by atoms with van der Waals surface area (Å²) in [6.45, 7) is 2.64. The fourth-order valence-corrected chi connectivity index (χ4v) is 1.99. The molecule has 1 atom stereocenters. The van der Waals surface area contributed by atoms with Crippen molar-refractivity contribution >= 4 is 0 Å². The van der Waals surface area contributed by atoms with Gasteiger partial charge < -0.3 is 9.47 Å². The summed E-state index contributed by atoms with van der Waals surface area (Å²) in [7, 11) is 1.49. The number of aromatic nitrogens is 4. The molecule has 1 aliphatic heterocycles. The molecule has 0 spiro atoms. The van der Waals surface area contributed by atoms with Gasteiger partial charge >= 0.3 is 5.69 Å². The van der Waals surface area contributed by atoms with E-state index in [0.717, 1.165) is 15.8 Å². The van der Waals surface area contributed by atoms with E-state index in [2.05, 4.69) is 10.4 Å². The Bertz CT molecular complexity index is 721. The van der Waals surface area contributed by atoms with Crippen LogP contribution in [0.25, 0.3) is 5.69 Å². The van der Waals surface area contributed by atoms with E-state index in [1.807, 2.05) is 0 Å². The Morgan fingerprint density at radius 3 is 2.81 bits per heavy atom. The van der Waals surface area contributed by atoms with E-state index in [1.165, 1.54) is 19.2 Å². The molecule has 0 bridgehead atoms. The Balaban J connectivity index is 1.98. The minimum absolute atomic E-state index is 0.0146. The van der Waals surface area contributed by atoms with Gasteiger partial charge in [0.15, 0.2) is 0 Å². The smallest absolute Gasteiger partial charge is 0.368 e. The molecule has 2 aromatic rings. The number of benzene rings is 1. The lowest BCUT2D eigenvalue weighted by Crippen LogP contribution is -2.33. The molecule has 0 N–H and O–H groups in total. The summed E-state index contributed by atoms with van der Waals surface area (Å²) in [5, 5.41) is 7.41. The zero-order valence-electron chi connectivity index (χ0n) is 11.7. The van der Waals surface area contributed by atoms with E-state index in [0.29, 0.717) is 24.5 Å². The SMILES string of the molecule is Cc1cc(-n2nnn(C)c2=O)c(OCC2CCO2)cc1F. The first-order valence-electron chi connectivity index (χ1n) is 6.60. The largest absolute Gasteiger partial charge is 0.489 e. The fraction of sp³-hybridized carbons (Fsp3) is 0.462. The number of nitrogens with zero attached hydrogens (tertiary/aromatic N) is 4. The Morgan fingerprint density at radius 2 is 2.24 bits per heavy atom. The highest BCUT2D eigenvalue weighted by Gasteiger charge is 2.21. The first-order valence-corrected chi connectivity index (χ1v) is 6.60. The van der Waals surface area contributed by atoms with Gasteiger partial charge in [-0.25, -0.2) is 9.18 Å². The van der Waals surface area contributed by atoms with Gasteiger partial charge in [-0.1, -0.05) is 0 Å². The third-order valence-electron chi connectivity index (χ3n) is 3.41. The van der Waals surface area contributed by atoms with Crippen LogP contribution in [0.1, 0.15) is 12.0 Å². The topological polar surface area (TPSA) is 71.2 Å². The molecule has 7 nitrogen and oxygen atoms in total. The van der Waals surface area contributed by atoms with Crippen LogP contribution in [0.5, 0.6) is 5.75 Å². The molecule has 8 heteroatoms. The third kappa shape index (κ3) is 2.54. The maximum Gasteiger partial charge on any atom is 0.368 e. The molecule has 1 aliphatic rings. The molecule has 1 unspecified atom stereocenters. The summed E-state index contributed by atoms with van der Waals surface area (Å²) in [4.78, 5) is 12.0. The Labute approximate surface area is 119 Å². The Kier molecular flexibility index (Phi) is 3.46. The van der Waals surface area contributed by atoms with Gasteiger partial charge in [0.25, 0.3) is 0 Å². The van der Waals surface area contributed by atoms with Crippen LogP contribution >= 0.6 is 0 Å². The molecule has 0 aliphatic carbocycles. The maximum absolute atomic E-state index is 13.8. The van der Waals surface area contributed by atoms with E-state index < -0.39 is 11.5 Å². The predicted octanol–water partition coefficient (Wildman–Crippen LogP) is 0.581. The second kappa shape index (κ2) is 5.28. The molecule has 1 aromatic carbocycles. The molecular weight excluding hydrogens is 279 g/mol. The molecule has 3 rings (SSSR count). The van der Waals surface area contributed by atoms with Crippen molar-refractivity contribution < 1.29 is 13.9 Å². The quantitative estimate of drug-likeness (QED) is 0.825. The standard InChI is InChI=1S/C13H15FN4O3/c1-8-5-11(18-13(19)17(2)15-16-18)12(6-10(8)14)21-7-9-3-4-20-9/h5-6,9H,3-4,7H2,1-2H3. The van der Waals surface area contributed by atoms with Gasteiger partial charge in [-0.05, 0) is 29.0 Å². The summed E-state index contributed by atoms with van der Waals surface area (Å²) in [6.07, 6.45) is 0.926. The third-order valence-corrected chi connectivity index (χ3v) is 3.41. The number of hydrogen-bond acceptors (Lipinski definition) is 5. The number of ether oxygens (including phenoxy) is 2. The van der Waals surface area contributed by atoms with Crippen molar-refractivity contribution in [2.24, 2.45) is 7.05 Å². The van der Waals surface area contributed by atoms with E-state index in [9.17, 15) is 9.18 Å². The van der Waals surface area contributed by atoms with Crippen LogP contribution in [0.15, 0.2) is 16.9 Å². The van der Waals surface area contributed by atoms with Crippen LogP contribution in [-0.4, -0.2) is 39.1 Å². The molecule has 21 heavy (non-hydrogen) atoms. The summed E-state index contributed by atoms with van der Waals surface area (Å²) >= 11 is 0. The number of halogens is 1. The summed E-state index contributed by atoms with van der Waals surface area (Å²) in [6, 6.07) is 2.77. The Morgan fingerprint density at radius 1 is 1.48 bits per heavy atom. The van der Waals surface area contributed by atoms with E-state index in [-0.39, 0.29) is 11.9 Å². The number of aryl methyl sites for hydroxylation is 2. The average molecular weight is 294 g/mol. The van der Waals surface area contributed by atoms with Gasteiger partial charge in [0.05, 0.1) is 6.10 Å². The predicted molar refractivity (Wildman–Crippen MR) is 71.1 cm³/mol. The van der Waals surface area contributed by atoms with Crippen molar-refractivity contribution in [3.05, 3.63) is 34.0 Å². The normalized spacial score (nSPS) is 17.6. The highest BCUT2D eigenvalue weighted by Crippen LogP contribution is 2.26. The minimum Gasteiger partial charge on any atom is -0.489 e. The lowest BCUT2D eigenvalue weighted by Gasteiger charge is -2.26. The number of hydrogen-bond donors (Lipinski definition) is 0. The molecule has 0 amide bonds. The number of tetrazole rings is 1. The molecule has 0 radical (unpaired) electrons. The molecule has 1 saturated heterocycles. The monoisotopic (exact) mass is 294 g/mol. The van der Waals surface area contributed by atoms with Gasteiger partial charge in [0.1, 0.15) is 23.9 Å². The highest BCUT2D eigenvalue weighted by atomic mass is 19.1. The van der Waals surface area contributed by atoms with Gasteiger partial charge in [-0.3, -0.25) is 0 Å². The van der Waals surface area contributed by atoms with Gasteiger partial charge in [0.2, 0.25) is 0 Å². The van der Waals surface area contributed by atoms with Crippen LogP contribution in [0.2, 0.25) is 0 Å². The maximum atomic E-state index is 13.8. The average Bonchev–Trinajstić information content (AvgIpc) is 2.72. The van der Waals surface area contributed by atoms with E-state index >= 15 is 0 Å². The lowest BCUT2D eigenvalue weighted by atomic mass is 10.2. The highest BCUT2D eigenvalue weighted by molar-refractivity contribution is 5.48. The molecule has 1 aromatic heterocycles. The van der Waals surface area contributed by atoms with Crippen LogP contribution in [0.3, 0.4) is 0 Å². The van der Waals surface area contributed by atoms with Crippen molar-refractivity contribution in [2.75, 3.05) is 13.2 Å². The second-order valence-electron chi connectivity index (χ2n) is 4.96. The molecular formula is C13H15FN4O3. The van der Waals surface area contributed by atoms with Crippen molar-refractivity contribution in [1.82, 2.24) is 19.8 Å². The summed E-state index contributed by atoms with van der Waals surface area (Å²) in [5.74, 6) is -0.156. The van der Waals surface area contributed by atoms with Crippen molar-refractivity contribution in [3.8, 4) is 11.4 Å². The molecule has 1 fully saturated rings. The zero-order valence-corrected chi connectivity index (χ0v) is 11.7. The van der Waals surface area contributed by atoms with Gasteiger partial charge in [-0.15, -0.1) is 0 Å². The van der Waals surface area contributed by atoms with Crippen molar-refractivity contribution in [3.63, 3.8) is 0 Å². The van der Waals surface area contributed by atoms with Crippen molar-refractivity contribution in [1.29, 1.82) is 0 Å². The molecule has 2 heterocycles. The summed E-state index contributed by atoms with van der Waals surface area (Å²) in [5.41, 5.74) is 0.340. The lowest BCUT2D eigenvalue weighted by molar-refractivity contribution is -0.0721. The fourth-order valence-electron chi connectivity index (χ4n) is 1.99. The number of rotatable bonds is 4. The van der Waals surface area contributed by atoms with Crippen LogP contribution in [0, 0.1) is 12.7 Å². The van der Waals surface area contributed by atoms with E-state index in [1.54, 1.807) is 6.92 Å².